The topological polar surface area (TPSA) is 116 Å². The Hall–Kier alpha value is -1.84. The molecule has 0 saturated carbocycles. The minimum absolute atomic E-state index is 0.0468. The third-order valence-corrected chi connectivity index (χ3v) is 4.29. The number of carboxylic acids is 2. The lowest BCUT2D eigenvalue weighted by Gasteiger charge is -2.32. The van der Waals surface area contributed by atoms with Gasteiger partial charge < -0.3 is 20.8 Å². The molecule has 0 bridgehead atoms. The Morgan fingerprint density at radius 2 is 1.56 bits per heavy atom. The summed E-state index contributed by atoms with van der Waals surface area (Å²) in [5.41, 5.74) is -1.27. The van der Waals surface area contributed by atoms with E-state index in [-0.39, 0.29) is 11.9 Å². The van der Waals surface area contributed by atoms with Gasteiger partial charge in [-0.05, 0) is 32.6 Å². The van der Waals surface area contributed by atoms with E-state index >= 15 is 0 Å². The molecule has 25 heavy (non-hydrogen) atoms. The Morgan fingerprint density at radius 3 is 1.84 bits per heavy atom. The van der Waals surface area contributed by atoms with Crippen molar-refractivity contribution < 1.29 is 37.8 Å². The molecule has 0 spiro atoms. The summed E-state index contributed by atoms with van der Waals surface area (Å²) in [6.07, 6.45) is -2.53. The summed E-state index contributed by atoms with van der Waals surface area (Å²) in [5.74, 6) is -4.13. The molecule has 1 fully saturated rings. The molecular formula is C15H25F3N2O5. The lowest BCUT2D eigenvalue weighted by atomic mass is 9.81. The Labute approximate surface area is 144 Å². The quantitative estimate of drug-likeness (QED) is 0.548. The molecule has 10 heteroatoms. The zero-order valence-electron chi connectivity index (χ0n) is 14.4. The van der Waals surface area contributed by atoms with E-state index in [2.05, 4.69) is 17.6 Å². The number of hydrogen-bond donors (Lipinski definition) is 4. The molecule has 2 atom stereocenters. The summed E-state index contributed by atoms with van der Waals surface area (Å²) in [7, 11) is 0. The second-order valence-corrected chi connectivity index (χ2v) is 5.95. The van der Waals surface area contributed by atoms with Gasteiger partial charge in [0.1, 0.15) is 5.41 Å². The van der Waals surface area contributed by atoms with Crippen LogP contribution in [0, 0.1) is 5.41 Å². The molecule has 0 aromatic rings. The molecule has 1 saturated heterocycles. The number of aliphatic carboxylic acids is 2. The van der Waals surface area contributed by atoms with Crippen LogP contribution in [0.1, 0.15) is 46.5 Å². The number of carboxylic acid groups (broad SMARTS) is 2. The van der Waals surface area contributed by atoms with E-state index in [1.54, 1.807) is 13.8 Å². The number of halogens is 3. The van der Waals surface area contributed by atoms with Gasteiger partial charge in [0.05, 0.1) is 0 Å². The van der Waals surface area contributed by atoms with Crippen molar-refractivity contribution >= 4 is 17.8 Å². The van der Waals surface area contributed by atoms with Crippen LogP contribution in [0.3, 0.4) is 0 Å². The number of rotatable bonds is 5. The third-order valence-electron chi connectivity index (χ3n) is 4.29. The van der Waals surface area contributed by atoms with Gasteiger partial charge >= 0.3 is 18.1 Å². The van der Waals surface area contributed by atoms with Gasteiger partial charge in [0.15, 0.2) is 0 Å². The summed E-state index contributed by atoms with van der Waals surface area (Å²) in [4.78, 5) is 32.4. The largest absolute Gasteiger partial charge is 0.490 e. The number of hydrogen-bond acceptors (Lipinski definition) is 4. The van der Waals surface area contributed by atoms with Crippen LogP contribution in [-0.2, 0) is 14.4 Å². The fourth-order valence-corrected chi connectivity index (χ4v) is 2.42. The lowest BCUT2D eigenvalue weighted by molar-refractivity contribution is -0.192. The van der Waals surface area contributed by atoms with Gasteiger partial charge in [0.2, 0.25) is 5.91 Å². The molecule has 0 aromatic carbocycles. The Morgan fingerprint density at radius 1 is 1.08 bits per heavy atom. The van der Waals surface area contributed by atoms with Gasteiger partial charge in [-0.2, -0.15) is 13.2 Å². The average Bonchev–Trinajstić information content (AvgIpc) is 2.50. The highest BCUT2D eigenvalue weighted by atomic mass is 19.4. The zero-order valence-corrected chi connectivity index (χ0v) is 14.4. The Kier molecular flexibility index (Phi) is 8.89. The standard InChI is InChI=1S/C13H24N2O3.C2HF3O2/c1-4-13(5-2,12(17)18)11(16)15-10-7-6-9(3)14-8-10;3-2(4,5)1(6)7/h9-10,14H,4-8H2,1-3H3,(H,15,16)(H,17,18);(H,6,7). The highest BCUT2D eigenvalue weighted by Gasteiger charge is 2.43. The summed E-state index contributed by atoms with van der Waals surface area (Å²) < 4.78 is 31.7. The molecule has 1 amide bonds. The highest BCUT2D eigenvalue weighted by molar-refractivity contribution is 6.01. The van der Waals surface area contributed by atoms with Crippen LogP contribution in [-0.4, -0.2) is 52.9 Å². The molecule has 1 heterocycles. The number of amides is 1. The van der Waals surface area contributed by atoms with Crippen molar-refractivity contribution in [3.63, 3.8) is 0 Å². The van der Waals surface area contributed by atoms with E-state index in [1.807, 2.05) is 0 Å². The van der Waals surface area contributed by atoms with Crippen LogP contribution in [0.5, 0.6) is 0 Å². The molecule has 0 radical (unpaired) electrons. The molecule has 1 aliphatic rings. The maximum absolute atomic E-state index is 12.2. The van der Waals surface area contributed by atoms with Gasteiger partial charge in [-0.15, -0.1) is 0 Å². The number of piperidine rings is 1. The van der Waals surface area contributed by atoms with E-state index < -0.39 is 23.5 Å². The van der Waals surface area contributed by atoms with Crippen LogP contribution < -0.4 is 10.6 Å². The van der Waals surface area contributed by atoms with Gasteiger partial charge in [-0.25, -0.2) is 4.79 Å². The first-order valence-corrected chi connectivity index (χ1v) is 7.98. The summed E-state index contributed by atoms with van der Waals surface area (Å²) in [6, 6.07) is 0.519. The molecular weight excluding hydrogens is 345 g/mol. The van der Waals surface area contributed by atoms with E-state index in [4.69, 9.17) is 9.90 Å². The van der Waals surface area contributed by atoms with E-state index in [9.17, 15) is 27.9 Å². The van der Waals surface area contributed by atoms with E-state index in [0.29, 0.717) is 18.9 Å². The maximum Gasteiger partial charge on any atom is 0.490 e. The first-order valence-electron chi connectivity index (χ1n) is 7.98. The minimum atomic E-state index is -5.08. The maximum atomic E-state index is 12.2. The fraction of sp³-hybridized carbons (Fsp3) is 0.800. The van der Waals surface area contributed by atoms with Gasteiger partial charge in [0, 0.05) is 18.6 Å². The van der Waals surface area contributed by atoms with Crippen molar-refractivity contribution in [2.45, 2.75) is 64.7 Å². The lowest BCUT2D eigenvalue weighted by Crippen LogP contribution is -2.54. The predicted octanol–water partition coefficient (Wildman–Crippen LogP) is 1.77. The van der Waals surface area contributed by atoms with E-state index in [0.717, 1.165) is 19.4 Å². The van der Waals surface area contributed by atoms with Crippen molar-refractivity contribution in [1.82, 2.24) is 10.6 Å². The summed E-state index contributed by atoms with van der Waals surface area (Å²) in [5, 5.41) is 22.6. The van der Waals surface area contributed by atoms with Crippen LogP contribution in [0.4, 0.5) is 13.2 Å². The highest BCUT2D eigenvalue weighted by Crippen LogP contribution is 2.27. The number of nitrogens with one attached hydrogen (secondary N) is 2. The van der Waals surface area contributed by atoms with Gasteiger partial charge in [-0.1, -0.05) is 13.8 Å². The molecule has 0 aromatic heterocycles. The van der Waals surface area contributed by atoms with Crippen molar-refractivity contribution in [2.24, 2.45) is 5.41 Å². The van der Waals surface area contributed by atoms with Crippen LogP contribution in [0.2, 0.25) is 0 Å². The second kappa shape index (κ2) is 9.59. The summed E-state index contributed by atoms with van der Waals surface area (Å²) in [6.45, 7) is 6.32. The SMILES string of the molecule is CCC(CC)(C(=O)O)C(=O)NC1CCC(C)NC1.O=C(O)C(F)(F)F. The van der Waals surface area contributed by atoms with Crippen molar-refractivity contribution in [3.8, 4) is 0 Å². The first-order chi connectivity index (χ1) is 11.4. The predicted molar refractivity (Wildman–Crippen MR) is 83.0 cm³/mol. The van der Waals surface area contributed by atoms with Crippen LogP contribution in [0.15, 0.2) is 0 Å². The Balaban J connectivity index is 0.000000697. The monoisotopic (exact) mass is 370 g/mol. The van der Waals surface area contributed by atoms with Crippen molar-refractivity contribution in [1.29, 1.82) is 0 Å². The van der Waals surface area contributed by atoms with Crippen molar-refractivity contribution in [3.05, 3.63) is 0 Å². The zero-order chi connectivity index (χ0) is 19.8. The van der Waals surface area contributed by atoms with Crippen LogP contribution in [0.25, 0.3) is 0 Å². The number of alkyl halides is 3. The molecule has 2 unspecified atom stereocenters. The normalized spacial score (nSPS) is 20.9. The molecule has 146 valence electrons. The van der Waals surface area contributed by atoms with Gasteiger partial charge in [0.25, 0.3) is 0 Å². The summed E-state index contributed by atoms with van der Waals surface area (Å²) >= 11 is 0. The molecule has 1 rings (SSSR count). The molecule has 1 aliphatic heterocycles. The first kappa shape index (κ1) is 23.2. The number of carbonyl (C=O) groups excluding carboxylic acids is 1. The Bertz CT molecular complexity index is 470. The van der Waals surface area contributed by atoms with Gasteiger partial charge in [-0.3, -0.25) is 9.59 Å². The molecule has 7 nitrogen and oxygen atoms in total. The smallest absolute Gasteiger partial charge is 0.480 e. The average molecular weight is 370 g/mol. The van der Waals surface area contributed by atoms with Crippen molar-refractivity contribution in [2.75, 3.05) is 6.54 Å². The molecule has 0 aliphatic carbocycles. The third kappa shape index (κ3) is 6.89. The fourth-order valence-electron chi connectivity index (χ4n) is 2.42. The minimum Gasteiger partial charge on any atom is -0.480 e. The number of carbonyl (C=O) groups is 3. The van der Waals surface area contributed by atoms with Crippen LogP contribution >= 0.6 is 0 Å². The van der Waals surface area contributed by atoms with E-state index in [1.165, 1.54) is 0 Å². The molecule has 4 N–H and O–H groups in total. The second-order valence-electron chi connectivity index (χ2n) is 5.95.